The summed E-state index contributed by atoms with van der Waals surface area (Å²) in [5.74, 6) is 0.00442. The van der Waals surface area contributed by atoms with E-state index in [-0.39, 0.29) is 23.2 Å². The summed E-state index contributed by atoms with van der Waals surface area (Å²) in [6.07, 6.45) is 0.678. The molecule has 7 nitrogen and oxygen atoms in total. The molecule has 2 aromatic carbocycles. The highest BCUT2D eigenvalue weighted by Gasteiger charge is 2.53. The maximum atomic E-state index is 11.1. The molecule has 1 saturated heterocycles. The Balaban J connectivity index is 1.72. The Bertz CT molecular complexity index is 1130. The van der Waals surface area contributed by atoms with Crippen molar-refractivity contribution in [1.82, 2.24) is 9.78 Å². The lowest BCUT2D eigenvalue weighted by Crippen LogP contribution is -2.68. The standard InChI is InChI=1S/C25H31N3O4Si/c1-25(2,3)33(19-11-7-5-8-12-19,20-13-9-6-10-14-20)32-23-17-30-16-22(23)31-24-21(26-18-29)15-28(4)27-24/h5-15,18,22-23H,16-17H2,1-4H3,(H,26,29)/t22-,23+/m0/s1/i4D3. The molecule has 1 aliphatic rings. The van der Waals surface area contributed by atoms with E-state index in [4.69, 9.17) is 18.0 Å². The van der Waals surface area contributed by atoms with E-state index in [1.165, 1.54) is 6.20 Å². The number of hydrogen-bond donors (Lipinski definition) is 1. The van der Waals surface area contributed by atoms with Crippen LogP contribution in [-0.2, 0) is 20.9 Å². The van der Waals surface area contributed by atoms with E-state index in [0.717, 1.165) is 15.1 Å². The number of rotatable bonds is 8. The van der Waals surface area contributed by atoms with Gasteiger partial charge in [0.1, 0.15) is 11.8 Å². The molecule has 174 valence electrons. The maximum absolute atomic E-state index is 11.1. The molecule has 1 aliphatic heterocycles. The number of carbonyl (C=O) groups is 1. The number of benzene rings is 2. The third-order valence-electron chi connectivity index (χ3n) is 5.88. The smallest absolute Gasteiger partial charge is 0.261 e. The number of nitrogens with zero attached hydrogens (tertiary/aromatic N) is 2. The first-order valence-electron chi connectivity index (χ1n) is 12.4. The Labute approximate surface area is 200 Å². The van der Waals surface area contributed by atoms with Crippen molar-refractivity contribution < 1.29 is 22.8 Å². The third-order valence-corrected chi connectivity index (χ3v) is 10.9. The SMILES string of the molecule is [2H]C([2H])([2H])n1cc(NC=O)c(O[C@H]2COC[C@H]2O[Si](c2ccccc2)(c2ccccc2)C(C)(C)C)n1. The molecule has 3 aromatic rings. The number of hydrogen-bond acceptors (Lipinski definition) is 5. The van der Waals surface area contributed by atoms with Gasteiger partial charge in [0.05, 0.1) is 19.4 Å². The van der Waals surface area contributed by atoms with Gasteiger partial charge in [-0.15, -0.1) is 5.10 Å². The van der Waals surface area contributed by atoms with Gasteiger partial charge in [0.15, 0.2) is 6.10 Å². The predicted molar refractivity (Wildman–Crippen MR) is 131 cm³/mol. The fourth-order valence-corrected chi connectivity index (χ4v) is 9.09. The molecule has 2 atom stereocenters. The topological polar surface area (TPSA) is 74.6 Å². The van der Waals surface area contributed by atoms with Crippen molar-refractivity contribution in [3.63, 3.8) is 0 Å². The molecule has 1 fully saturated rings. The minimum absolute atomic E-state index is 0.00442. The van der Waals surface area contributed by atoms with Gasteiger partial charge in [0, 0.05) is 11.1 Å². The molecular formula is C25H31N3O4Si. The van der Waals surface area contributed by atoms with Crippen molar-refractivity contribution in [2.45, 2.75) is 38.0 Å². The summed E-state index contributed by atoms with van der Waals surface area (Å²) < 4.78 is 42.8. The Hall–Kier alpha value is -2.94. The molecular weight excluding hydrogens is 434 g/mol. The van der Waals surface area contributed by atoms with Crippen molar-refractivity contribution in [2.24, 2.45) is 6.98 Å². The number of aryl methyl sites for hydroxylation is 1. The number of carbonyl (C=O) groups excluding carboxylic acids is 1. The quantitative estimate of drug-likeness (QED) is 0.406. The van der Waals surface area contributed by atoms with Gasteiger partial charge in [-0.1, -0.05) is 81.4 Å². The van der Waals surface area contributed by atoms with E-state index >= 15 is 0 Å². The van der Waals surface area contributed by atoms with Gasteiger partial charge in [0.2, 0.25) is 6.41 Å². The largest absolute Gasteiger partial charge is 0.467 e. The minimum Gasteiger partial charge on any atom is -0.467 e. The van der Waals surface area contributed by atoms with E-state index in [1.54, 1.807) is 0 Å². The van der Waals surface area contributed by atoms with Gasteiger partial charge in [-0.3, -0.25) is 9.48 Å². The summed E-state index contributed by atoms with van der Waals surface area (Å²) in [6.45, 7) is 4.60. The maximum Gasteiger partial charge on any atom is 0.261 e. The fourth-order valence-electron chi connectivity index (χ4n) is 4.40. The molecule has 8 heteroatoms. The summed E-state index contributed by atoms with van der Waals surface area (Å²) in [6, 6.07) is 20.5. The highest BCUT2D eigenvalue weighted by molar-refractivity contribution is 6.99. The Kier molecular flexibility index (Phi) is 5.62. The zero-order valence-electron chi connectivity index (χ0n) is 22.0. The molecule has 33 heavy (non-hydrogen) atoms. The molecule has 1 aromatic heterocycles. The Morgan fingerprint density at radius 1 is 1.09 bits per heavy atom. The average Bonchev–Trinajstić information content (AvgIpc) is 3.45. The monoisotopic (exact) mass is 468 g/mol. The van der Waals surface area contributed by atoms with Crippen molar-refractivity contribution in [3.05, 3.63) is 66.9 Å². The highest BCUT2D eigenvalue weighted by Crippen LogP contribution is 2.39. The second-order valence-electron chi connectivity index (χ2n) is 9.07. The second-order valence-corrected chi connectivity index (χ2v) is 13.3. The zero-order valence-corrected chi connectivity index (χ0v) is 20.0. The minimum atomic E-state index is -2.87. The van der Waals surface area contributed by atoms with Gasteiger partial charge in [0.25, 0.3) is 14.2 Å². The normalized spacial score (nSPS) is 20.5. The molecule has 2 heterocycles. The van der Waals surface area contributed by atoms with Gasteiger partial charge in [-0.05, 0) is 15.4 Å². The van der Waals surface area contributed by atoms with E-state index in [0.29, 0.717) is 13.0 Å². The lowest BCUT2D eigenvalue weighted by Gasteiger charge is -2.45. The van der Waals surface area contributed by atoms with Crippen LogP contribution in [0.25, 0.3) is 0 Å². The first kappa shape index (κ1) is 19.5. The fraction of sp³-hybridized carbons (Fsp3) is 0.360. The molecule has 1 amide bonds. The van der Waals surface area contributed by atoms with Crippen LogP contribution in [0, 0.1) is 0 Å². The van der Waals surface area contributed by atoms with E-state index < -0.39 is 27.5 Å². The third kappa shape index (κ3) is 4.59. The summed E-state index contributed by atoms with van der Waals surface area (Å²) >= 11 is 0. The van der Waals surface area contributed by atoms with Crippen LogP contribution >= 0.6 is 0 Å². The van der Waals surface area contributed by atoms with Crippen LogP contribution in [0.4, 0.5) is 5.69 Å². The lowest BCUT2D eigenvalue weighted by molar-refractivity contribution is -0.105. The molecule has 1 N–H and O–H groups in total. The second kappa shape index (κ2) is 9.50. The Morgan fingerprint density at radius 2 is 1.70 bits per heavy atom. The van der Waals surface area contributed by atoms with E-state index in [1.807, 2.05) is 36.4 Å². The molecule has 0 saturated carbocycles. The number of amides is 1. The number of nitrogens with one attached hydrogen (secondary N) is 1. The zero-order chi connectivity index (χ0) is 26.0. The average molecular weight is 469 g/mol. The lowest BCUT2D eigenvalue weighted by atomic mass is 10.2. The molecule has 0 bridgehead atoms. The molecule has 0 spiro atoms. The van der Waals surface area contributed by atoms with Crippen LogP contribution < -0.4 is 20.4 Å². The van der Waals surface area contributed by atoms with Crippen molar-refractivity contribution in [1.29, 1.82) is 0 Å². The predicted octanol–water partition coefficient (Wildman–Crippen LogP) is 2.71. The number of ether oxygens (including phenoxy) is 2. The summed E-state index contributed by atoms with van der Waals surface area (Å²) in [4.78, 5) is 11.1. The van der Waals surface area contributed by atoms with Crippen LogP contribution in [0.15, 0.2) is 66.9 Å². The van der Waals surface area contributed by atoms with Crippen LogP contribution in [0.3, 0.4) is 0 Å². The first-order chi connectivity index (χ1) is 17.1. The van der Waals surface area contributed by atoms with Gasteiger partial charge in [-0.25, -0.2) is 0 Å². The van der Waals surface area contributed by atoms with Crippen LogP contribution in [0.1, 0.15) is 24.9 Å². The number of anilines is 1. The first-order valence-corrected chi connectivity index (χ1v) is 12.8. The summed E-state index contributed by atoms with van der Waals surface area (Å²) in [7, 11) is -2.87. The Morgan fingerprint density at radius 3 is 2.24 bits per heavy atom. The molecule has 4 rings (SSSR count). The van der Waals surface area contributed by atoms with Crippen LogP contribution in [-0.4, -0.2) is 49.9 Å². The highest BCUT2D eigenvalue weighted by atomic mass is 28.4. The van der Waals surface area contributed by atoms with Crippen molar-refractivity contribution >= 4 is 30.8 Å². The van der Waals surface area contributed by atoms with Crippen molar-refractivity contribution in [2.75, 3.05) is 18.5 Å². The number of aromatic nitrogens is 2. The van der Waals surface area contributed by atoms with E-state index in [2.05, 4.69) is 55.5 Å². The molecule has 0 radical (unpaired) electrons. The van der Waals surface area contributed by atoms with Crippen LogP contribution in [0.2, 0.25) is 5.04 Å². The van der Waals surface area contributed by atoms with Crippen LogP contribution in [0.5, 0.6) is 5.88 Å². The van der Waals surface area contributed by atoms with Crippen molar-refractivity contribution in [3.8, 4) is 5.88 Å². The summed E-state index contributed by atoms with van der Waals surface area (Å²) in [5.41, 5.74) is 0.164. The molecule has 0 aliphatic carbocycles. The molecule has 0 unspecified atom stereocenters. The van der Waals surface area contributed by atoms with Gasteiger partial charge < -0.3 is 19.2 Å². The summed E-state index contributed by atoms with van der Waals surface area (Å²) in [5, 5.41) is 8.56. The van der Waals surface area contributed by atoms with Gasteiger partial charge >= 0.3 is 0 Å². The van der Waals surface area contributed by atoms with Gasteiger partial charge in [-0.2, -0.15) is 0 Å². The van der Waals surface area contributed by atoms with E-state index in [9.17, 15) is 4.79 Å².